The van der Waals surface area contributed by atoms with Crippen LogP contribution in [0.2, 0.25) is 0 Å². The molecule has 0 aliphatic carbocycles. The molecular weight excluding hydrogens is 342 g/mol. The molecule has 0 bridgehead atoms. The van der Waals surface area contributed by atoms with E-state index in [1.807, 2.05) is 29.2 Å². The summed E-state index contributed by atoms with van der Waals surface area (Å²) in [6.07, 6.45) is 3.94. The van der Waals surface area contributed by atoms with Crippen molar-refractivity contribution in [2.45, 2.75) is 45.2 Å². The zero-order valence-electron chi connectivity index (χ0n) is 16.5. The second-order valence-corrected chi connectivity index (χ2v) is 7.61. The number of benzene rings is 1. The Balaban J connectivity index is 1.44. The second-order valence-electron chi connectivity index (χ2n) is 7.61. The van der Waals surface area contributed by atoms with Gasteiger partial charge in [0.05, 0.1) is 13.7 Å². The van der Waals surface area contributed by atoms with E-state index in [9.17, 15) is 9.59 Å². The molecule has 1 atom stereocenters. The summed E-state index contributed by atoms with van der Waals surface area (Å²) in [6, 6.07) is 8.21. The molecule has 148 valence electrons. The first-order valence-corrected chi connectivity index (χ1v) is 9.99. The molecule has 2 fully saturated rings. The van der Waals surface area contributed by atoms with E-state index in [2.05, 4.69) is 11.8 Å². The van der Waals surface area contributed by atoms with Crippen LogP contribution in [-0.2, 0) is 16.1 Å². The molecule has 0 saturated carbocycles. The Labute approximate surface area is 162 Å². The Morgan fingerprint density at radius 3 is 2.44 bits per heavy atom. The van der Waals surface area contributed by atoms with Crippen LogP contribution in [-0.4, -0.2) is 72.4 Å². The molecule has 1 aromatic carbocycles. The summed E-state index contributed by atoms with van der Waals surface area (Å²) in [6.45, 7) is 6.51. The Kier molecular flexibility index (Phi) is 6.72. The molecule has 0 N–H and O–H groups in total. The monoisotopic (exact) mass is 373 g/mol. The predicted octanol–water partition coefficient (Wildman–Crippen LogP) is 2.13. The topological polar surface area (TPSA) is 53.1 Å². The van der Waals surface area contributed by atoms with Crippen molar-refractivity contribution in [2.75, 3.05) is 39.8 Å². The van der Waals surface area contributed by atoms with Gasteiger partial charge in [-0.25, -0.2) is 0 Å². The number of methoxy groups -OCH3 is 1. The molecule has 6 heteroatoms. The number of amides is 2. The fourth-order valence-electron chi connectivity index (χ4n) is 3.90. The molecule has 2 amide bonds. The first-order valence-electron chi connectivity index (χ1n) is 9.99. The Hall–Kier alpha value is -2.08. The molecule has 1 aromatic rings. The SMILES string of the molecule is COc1ccc(CN2CCN(C(=O)CC[C@@H](C)N3CCCC3)CC2=O)cc1. The van der Waals surface area contributed by atoms with E-state index < -0.39 is 0 Å². The van der Waals surface area contributed by atoms with Crippen LogP contribution in [0.25, 0.3) is 0 Å². The first-order chi connectivity index (χ1) is 13.1. The third-order valence-electron chi connectivity index (χ3n) is 5.74. The molecule has 27 heavy (non-hydrogen) atoms. The molecule has 2 heterocycles. The van der Waals surface area contributed by atoms with Gasteiger partial charge in [-0.05, 0) is 57.0 Å². The van der Waals surface area contributed by atoms with Gasteiger partial charge in [-0.3, -0.25) is 9.59 Å². The number of nitrogens with zero attached hydrogens (tertiary/aromatic N) is 3. The summed E-state index contributed by atoms with van der Waals surface area (Å²) >= 11 is 0. The molecule has 0 spiro atoms. The number of hydrogen-bond acceptors (Lipinski definition) is 4. The van der Waals surface area contributed by atoms with Crippen LogP contribution in [0.3, 0.4) is 0 Å². The van der Waals surface area contributed by atoms with Gasteiger partial charge in [-0.2, -0.15) is 0 Å². The van der Waals surface area contributed by atoms with Gasteiger partial charge in [0.25, 0.3) is 0 Å². The molecule has 6 nitrogen and oxygen atoms in total. The van der Waals surface area contributed by atoms with Crippen molar-refractivity contribution in [2.24, 2.45) is 0 Å². The maximum Gasteiger partial charge on any atom is 0.242 e. The molecule has 2 aliphatic heterocycles. The van der Waals surface area contributed by atoms with Gasteiger partial charge in [0.15, 0.2) is 0 Å². The lowest BCUT2D eigenvalue weighted by atomic mass is 10.1. The lowest BCUT2D eigenvalue weighted by molar-refractivity contribution is -0.145. The van der Waals surface area contributed by atoms with Crippen molar-refractivity contribution in [3.05, 3.63) is 29.8 Å². The average Bonchev–Trinajstić information content (AvgIpc) is 3.23. The van der Waals surface area contributed by atoms with Gasteiger partial charge in [-0.15, -0.1) is 0 Å². The van der Waals surface area contributed by atoms with Crippen molar-refractivity contribution in [3.8, 4) is 5.75 Å². The normalized spacial score (nSPS) is 19.4. The maximum atomic E-state index is 12.5. The number of hydrogen-bond donors (Lipinski definition) is 0. The van der Waals surface area contributed by atoms with Crippen LogP contribution in [0.4, 0.5) is 0 Å². The summed E-state index contributed by atoms with van der Waals surface area (Å²) in [7, 11) is 1.64. The number of piperazine rings is 1. The number of likely N-dealkylation sites (tertiary alicyclic amines) is 1. The highest BCUT2D eigenvalue weighted by Crippen LogP contribution is 2.17. The van der Waals surface area contributed by atoms with Crippen molar-refractivity contribution < 1.29 is 14.3 Å². The minimum atomic E-state index is 0.0259. The third-order valence-corrected chi connectivity index (χ3v) is 5.74. The van der Waals surface area contributed by atoms with Crippen LogP contribution in [0.5, 0.6) is 5.75 Å². The molecule has 2 aliphatic rings. The van der Waals surface area contributed by atoms with Gasteiger partial charge in [0, 0.05) is 32.1 Å². The van der Waals surface area contributed by atoms with E-state index in [-0.39, 0.29) is 18.4 Å². The third kappa shape index (κ3) is 5.22. The summed E-state index contributed by atoms with van der Waals surface area (Å²) < 4.78 is 5.17. The Morgan fingerprint density at radius 1 is 1.11 bits per heavy atom. The lowest BCUT2D eigenvalue weighted by Gasteiger charge is -2.35. The van der Waals surface area contributed by atoms with E-state index in [0.717, 1.165) is 30.8 Å². The van der Waals surface area contributed by atoms with Crippen molar-refractivity contribution in [1.29, 1.82) is 0 Å². The summed E-state index contributed by atoms with van der Waals surface area (Å²) in [5.41, 5.74) is 1.07. The number of ether oxygens (including phenoxy) is 1. The number of carbonyl (C=O) groups is 2. The van der Waals surface area contributed by atoms with Crippen LogP contribution in [0.1, 0.15) is 38.2 Å². The quantitative estimate of drug-likeness (QED) is 0.735. The minimum Gasteiger partial charge on any atom is -0.497 e. The lowest BCUT2D eigenvalue weighted by Crippen LogP contribution is -2.51. The predicted molar refractivity (Wildman–Crippen MR) is 104 cm³/mol. The summed E-state index contributed by atoms with van der Waals surface area (Å²) in [4.78, 5) is 31.0. The first kappa shape index (κ1) is 19.7. The van der Waals surface area contributed by atoms with Gasteiger partial charge in [-0.1, -0.05) is 12.1 Å². The molecular formula is C21H31N3O3. The number of carbonyl (C=O) groups excluding carboxylic acids is 2. The largest absolute Gasteiger partial charge is 0.497 e. The van der Waals surface area contributed by atoms with Crippen LogP contribution < -0.4 is 4.74 Å². The van der Waals surface area contributed by atoms with Crippen LogP contribution in [0, 0.1) is 0 Å². The zero-order valence-corrected chi connectivity index (χ0v) is 16.5. The molecule has 0 radical (unpaired) electrons. The maximum absolute atomic E-state index is 12.5. The fraction of sp³-hybridized carbons (Fsp3) is 0.619. The highest BCUT2D eigenvalue weighted by molar-refractivity contribution is 5.86. The summed E-state index contributed by atoms with van der Waals surface area (Å²) in [5, 5.41) is 0. The highest BCUT2D eigenvalue weighted by Gasteiger charge is 2.27. The van der Waals surface area contributed by atoms with Crippen molar-refractivity contribution in [1.82, 2.24) is 14.7 Å². The van der Waals surface area contributed by atoms with E-state index in [1.165, 1.54) is 12.8 Å². The fourth-order valence-corrected chi connectivity index (χ4v) is 3.90. The molecule has 0 aromatic heterocycles. The summed E-state index contributed by atoms with van der Waals surface area (Å²) in [5.74, 6) is 0.945. The average molecular weight is 373 g/mol. The van der Waals surface area contributed by atoms with Gasteiger partial charge >= 0.3 is 0 Å². The van der Waals surface area contributed by atoms with E-state index >= 15 is 0 Å². The Morgan fingerprint density at radius 2 is 1.81 bits per heavy atom. The van der Waals surface area contributed by atoms with Crippen molar-refractivity contribution >= 4 is 11.8 Å². The zero-order chi connectivity index (χ0) is 19.2. The van der Waals surface area contributed by atoms with Gasteiger partial charge < -0.3 is 19.4 Å². The second kappa shape index (κ2) is 9.22. The van der Waals surface area contributed by atoms with Gasteiger partial charge in [0.1, 0.15) is 5.75 Å². The molecule has 2 saturated heterocycles. The molecule has 0 unspecified atom stereocenters. The van der Waals surface area contributed by atoms with E-state index in [4.69, 9.17) is 4.74 Å². The standard InChI is InChI=1S/C21H31N3O3/c1-17(22-11-3-4-12-22)5-10-20(25)24-14-13-23(21(26)16-24)15-18-6-8-19(27-2)9-7-18/h6-9,17H,3-5,10-16H2,1-2H3/t17-/m1/s1. The van der Waals surface area contributed by atoms with Crippen LogP contribution >= 0.6 is 0 Å². The van der Waals surface area contributed by atoms with Crippen molar-refractivity contribution in [3.63, 3.8) is 0 Å². The van der Waals surface area contributed by atoms with Gasteiger partial charge in [0.2, 0.25) is 11.8 Å². The highest BCUT2D eigenvalue weighted by atomic mass is 16.5. The number of rotatable bonds is 7. The van der Waals surface area contributed by atoms with Crippen LogP contribution in [0.15, 0.2) is 24.3 Å². The Bertz CT molecular complexity index is 641. The van der Waals surface area contributed by atoms with E-state index in [1.54, 1.807) is 12.0 Å². The smallest absolute Gasteiger partial charge is 0.242 e. The minimum absolute atomic E-state index is 0.0259. The van der Waals surface area contributed by atoms with E-state index in [0.29, 0.717) is 32.1 Å². The molecule has 3 rings (SSSR count).